The standard InChI is InChI=1S/C18H19N3O3/c1-3-23-18(22)19-17-15-10-9-14(11-16(15)21(2)20-17)24-12-13-7-5-4-6-8-13/h4-11H,3,12H2,1-2H3,(H,19,20,22). The Morgan fingerprint density at radius 1 is 1.21 bits per heavy atom. The topological polar surface area (TPSA) is 65.4 Å². The van der Waals surface area contributed by atoms with E-state index >= 15 is 0 Å². The molecule has 1 amide bonds. The minimum absolute atomic E-state index is 0.314. The predicted molar refractivity (Wildman–Crippen MR) is 92.1 cm³/mol. The summed E-state index contributed by atoms with van der Waals surface area (Å²) in [6, 6.07) is 15.6. The van der Waals surface area contributed by atoms with Gasteiger partial charge < -0.3 is 9.47 Å². The SMILES string of the molecule is CCOC(=O)Nc1nn(C)c2cc(OCc3ccccc3)ccc12. The van der Waals surface area contributed by atoms with Crippen LogP contribution < -0.4 is 10.1 Å². The number of amides is 1. The summed E-state index contributed by atoms with van der Waals surface area (Å²) in [5.74, 6) is 1.22. The van der Waals surface area contributed by atoms with Gasteiger partial charge in [-0.15, -0.1) is 0 Å². The molecule has 6 heteroatoms. The van der Waals surface area contributed by atoms with Crippen LogP contribution in [0.3, 0.4) is 0 Å². The molecule has 3 rings (SSSR count). The Morgan fingerprint density at radius 3 is 2.75 bits per heavy atom. The smallest absolute Gasteiger partial charge is 0.412 e. The van der Waals surface area contributed by atoms with Gasteiger partial charge >= 0.3 is 6.09 Å². The monoisotopic (exact) mass is 325 g/mol. The fourth-order valence-corrected chi connectivity index (χ4v) is 2.42. The molecule has 0 bridgehead atoms. The van der Waals surface area contributed by atoms with Crippen molar-refractivity contribution in [3.8, 4) is 5.75 Å². The largest absolute Gasteiger partial charge is 0.489 e. The molecule has 0 atom stereocenters. The zero-order valence-corrected chi connectivity index (χ0v) is 13.7. The van der Waals surface area contributed by atoms with E-state index in [0.29, 0.717) is 19.0 Å². The number of ether oxygens (including phenoxy) is 2. The van der Waals surface area contributed by atoms with Crippen LogP contribution in [-0.2, 0) is 18.4 Å². The van der Waals surface area contributed by atoms with Gasteiger partial charge in [0.2, 0.25) is 0 Å². The third kappa shape index (κ3) is 3.48. The summed E-state index contributed by atoms with van der Waals surface area (Å²) in [6.45, 7) is 2.57. The number of aromatic nitrogens is 2. The van der Waals surface area contributed by atoms with Crippen LogP contribution in [0.25, 0.3) is 10.9 Å². The average Bonchev–Trinajstić information content (AvgIpc) is 2.89. The van der Waals surface area contributed by atoms with E-state index in [0.717, 1.165) is 22.2 Å². The van der Waals surface area contributed by atoms with E-state index in [9.17, 15) is 4.79 Å². The highest BCUT2D eigenvalue weighted by Crippen LogP contribution is 2.27. The molecule has 1 heterocycles. The van der Waals surface area contributed by atoms with Gasteiger partial charge in [0.25, 0.3) is 0 Å². The summed E-state index contributed by atoms with van der Waals surface area (Å²) in [7, 11) is 1.82. The molecule has 24 heavy (non-hydrogen) atoms. The van der Waals surface area contributed by atoms with Gasteiger partial charge in [-0.1, -0.05) is 30.3 Å². The molecular formula is C18H19N3O3. The van der Waals surface area contributed by atoms with Gasteiger partial charge in [-0.25, -0.2) is 4.79 Å². The first-order chi connectivity index (χ1) is 11.7. The molecule has 3 aromatic rings. The van der Waals surface area contributed by atoms with Crippen molar-refractivity contribution in [2.75, 3.05) is 11.9 Å². The number of aryl methyl sites for hydroxylation is 1. The molecule has 0 spiro atoms. The summed E-state index contributed by atoms with van der Waals surface area (Å²) >= 11 is 0. The van der Waals surface area contributed by atoms with Gasteiger partial charge in [0.15, 0.2) is 5.82 Å². The van der Waals surface area contributed by atoms with E-state index in [1.165, 1.54) is 0 Å². The first-order valence-electron chi connectivity index (χ1n) is 7.74. The number of fused-ring (bicyclic) bond motifs is 1. The van der Waals surface area contributed by atoms with Crippen molar-refractivity contribution < 1.29 is 14.3 Å². The van der Waals surface area contributed by atoms with Gasteiger partial charge in [0.1, 0.15) is 12.4 Å². The number of benzene rings is 2. The normalized spacial score (nSPS) is 10.6. The third-order valence-electron chi connectivity index (χ3n) is 3.57. The first-order valence-corrected chi connectivity index (χ1v) is 7.74. The molecule has 0 aliphatic carbocycles. The van der Waals surface area contributed by atoms with Gasteiger partial charge in [0, 0.05) is 18.5 Å². The zero-order valence-electron chi connectivity index (χ0n) is 13.7. The summed E-state index contributed by atoms with van der Waals surface area (Å²) in [5, 5.41) is 7.80. The number of carbonyl (C=O) groups is 1. The summed E-state index contributed by atoms with van der Waals surface area (Å²) in [6.07, 6.45) is -0.512. The van der Waals surface area contributed by atoms with Crippen LogP contribution in [0, 0.1) is 0 Å². The molecule has 0 unspecified atom stereocenters. The number of anilines is 1. The molecule has 0 aliphatic heterocycles. The molecule has 124 valence electrons. The molecule has 1 N–H and O–H groups in total. The summed E-state index contributed by atoms with van der Waals surface area (Å²) in [5.41, 5.74) is 1.97. The van der Waals surface area contributed by atoms with Crippen molar-refractivity contribution in [2.45, 2.75) is 13.5 Å². The molecular weight excluding hydrogens is 306 g/mol. The Bertz CT molecular complexity index is 843. The van der Waals surface area contributed by atoms with Crippen molar-refractivity contribution in [1.29, 1.82) is 0 Å². The molecule has 1 aromatic heterocycles. The Hall–Kier alpha value is -3.02. The van der Waals surface area contributed by atoms with Crippen LogP contribution in [0.2, 0.25) is 0 Å². The van der Waals surface area contributed by atoms with Crippen molar-refractivity contribution >= 4 is 22.8 Å². The quantitative estimate of drug-likeness (QED) is 0.776. The fraction of sp³-hybridized carbons (Fsp3) is 0.222. The lowest BCUT2D eigenvalue weighted by atomic mass is 10.2. The van der Waals surface area contributed by atoms with Crippen molar-refractivity contribution in [2.24, 2.45) is 7.05 Å². The predicted octanol–water partition coefficient (Wildman–Crippen LogP) is 3.72. The Balaban J connectivity index is 1.78. The maximum Gasteiger partial charge on any atom is 0.412 e. The van der Waals surface area contributed by atoms with Crippen LogP contribution in [0.5, 0.6) is 5.75 Å². The lowest BCUT2D eigenvalue weighted by Crippen LogP contribution is -2.13. The minimum Gasteiger partial charge on any atom is -0.489 e. The number of rotatable bonds is 5. The molecule has 2 aromatic carbocycles. The van der Waals surface area contributed by atoms with E-state index in [2.05, 4.69) is 10.4 Å². The maximum absolute atomic E-state index is 11.6. The second-order valence-corrected chi connectivity index (χ2v) is 5.27. The van der Waals surface area contributed by atoms with Crippen LogP contribution in [0.1, 0.15) is 12.5 Å². The van der Waals surface area contributed by atoms with E-state index in [1.54, 1.807) is 11.6 Å². The van der Waals surface area contributed by atoms with Gasteiger partial charge in [-0.2, -0.15) is 5.10 Å². The molecule has 0 saturated heterocycles. The van der Waals surface area contributed by atoms with Crippen LogP contribution in [0.15, 0.2) is 48.5 Å². The van der Waals surface area contributed by atoms with E-state index < -0.39 is 6.09 Å². The van der Waals surface area contributed by atoms with Crippen LogP contribution >= 0.6 is 0 Å². The van der Waals surface area contributed by atoms with Crippen molar-refractivity contribution in [3.05, 3.63) is 54.1 Å². The second-order valence-electron chi connectivity index (χ2n) is 5.27. The van der Waals surface area contributed by atoms with Gasteiger partial charge in [-0.3, -0.25) is 10.00 Å². The highest BCUT2D eigenvalue weighted by molar-refractivity contribution is 5.97. The first kappa shape index (κ1) is 15.9. The molecule has 0 fully saturated rings. The fourth-order valence-electron chi connectivity index (χ4n) is 2.42. The van der Waals surface area contributed by atoms with E-state index in [4.69, 9.17) is 9.47 Å². The summed E-state index contributed by atoms with van der Waals surface area (Å²) < 4.78 is 12.4. The Labute approximate surface area is 140 Å². The second kappa shape index (κ2) is 7.04. The lowest BCUT2D eigenvalue weighted by molar-refractivity contribution is 0.168. The number of nitrogens with zero attached hydrogens (tertiary/aromatic N) is 2. The van der Waals surface area contributed by atoms with Crippen LogP contribution in [-0.4, -0.2) is 22.5 Å². The van der Waals surface area contributed by atoms with Gasteiger partial charge in [0.05, 0.1) is 12.1 Å². The highest BCUT2D eigenvalue weighted by atomic mass is 16.5. The highest BCUT2D eigenvalue weighted by Gasteiger charge is 2.12. The third-order valence-corrected chi connectivity index (χ3v) is 3.57. The molecule has 0 saturated carbocycles. The molecule has 6 nitrogen and oxygen atoms in total. The van der Waals surface area contributed by atoms with E-state index in [1.807, 2.05) is 55.6 Å². The molecule has 0 radical (unpaired) electrons. The lowest BCUT2D eigenvalue weighted by Gasteiger charge is -2.07. The maximum atomic E-state index is 11.6. The average molecular weight is 325 g/mol. The zero-order chi connectivity index (χ0) is 16.9. The Morgan fingerprint density at radius 2 is 2.00 bits per heavy atom. The number of hydrogen-bond acceptors (Lipinski definition) is 4. The molecule has 0 aliphatic rings. The van der Waals surface area contributed by atoms with Crippen molar-refractivity contribution in [3.63, 3.8) is 0 Å². The van der Waals surface area contributed by atoms with Crippen LogP contribution in [0.4, 0.5) is 10.6 Å². The number of hydrogen-bond donors (Lipinski definition) is 1. The van der Waals surface area contributed by atoms with Gasteiger partial charge in [-0.05, 0) is 24.6 Å². The number of nitrogens with one attached hydrogen (secondary N) is 1. The summed E-state index contributed by atoms with van der Waals surface area (Å²) in [4.78, 5) is 11.6. The number of carbonyl (C=O) groups excluding carboxylic acids is 1. The van der Waals surface area contributed by atoms with E-state index in [-0.39, 0.29) is 0 Å². The van der Waals surface area contributed by atoms with Crippen molar-refractivity contribution in [1.82, 2.24) is 9.78 Å². The Kier molecular flexibility index (Phi) is 4.65. The minimum atomic E-state index is -0.512.